The van der Waals surface area contributed by atoms with E-state index in [1.165, 1.54) is 18.9 Å². The zero-order chi connectivity index (χ0) is 28.6. The lowest BCUT2D eigenvalue weighted by Crippen LogP contribution is -2.53. The van der Waals surface area contributed by atoms with Gasteiger partial charge in [-0.2, -0.15) is 5.48 Å². The fraction of sp³-hybridized carbons (Fsp3) is 0.323. The Kier molecular flexibility index (Phi) is 7.78. The van der Waals surface area contributed by atoms with E-state index >= 15 is 0 Å². The van der Waals surface area contributed by atoms with Crippen LogP contribution in [0.15, 0.2) is 82.6 Å². The summed E-state index contributed by atoms with van der Waals surface area (Å²) >= 11 is 1.39. The molecule has 0 bridgehead atoms. The number of benzene rings is 3. The molecule has 2 heterocycles. The smallest absolute Gasteiger partial charge is 0.338 e. The van der Waals surface area contributed by atoms with Gasteiger partial charge in [-0.25, -0.2) is 4.79 Å². The summed E-state index contributed by atoms with van der Waals surface area (Å²) in [6.45, 7) is 3.93. The van der Waals surface area contributed by atoms with Gasteiger partial charge in [-0.15, -0.1) is 0 Å². The van der Waals surface area contributed by atoms with Crippen molar-refractivity contribution in [2.24, 2.45) is 0 Å². The molecule has 1 fully saturated rings. The summed E-state index contributed by atoms with van der Waals surface area (Å²) in [4.78, 5) is 20.7. The van der Waals surface area contributed by atoms with E-state index in [1.807, 2.05) is 74.5 Å². The van der Waals surface area contributed by atoms with Gasteiger partial charge in [0, 0.05) is 9.80 Å². The minimum Gasteiger partial charge on any atom is -0.465 e. The molecular weight excluding hydrogens is 546 g/mol. The third-order valence-corrected chi connectivity index (χ3v) is 8.31. The number of thioether (sulfide) groups is 1. The summed E-state index contributed by atoms with van der Waals surface area (Å²) in [7, 11) is 1.33. The molecule has 1 saturated heterocycles. The molecule has 6 rings (SSSR count). The quantitative estimate of drug-likeness (QED) is 0.289. The Morgan fingerprint density at radius 1 is 1.00 bits per heavy atom. The molecule has 0 aromatic heterocycles. The summed E-state index contributed by atoms with van der Waals surface area (Å²) in [6, 6.07) is 22.2. The van der Waals surface area contributed by atoms with Crippen molar-refractivity contribution in [2.75, 3.05) is 13.9 Å². The van der Waals surface area contributed by atoms with Gasteiger partial charge in [0.2, 0.25) is 6.79 Å². The number of esters is 1. The Bertz CT molecular complexity index is 1450. The number of carbonyl (C=O) groups is 1. The molecule has 0 saturated carbocycles. The van der Waals surface area contributed by atoms with Crippen molar-refractivity contribution in [1.29, 1.82) is 0 Å². The number of rotatable bonds is 8. The number of hydrogen-bond acceptors (Lipinski definition) is 10. The SMILES string of the molecule is COC(=O)c1cc2c(cc1C1=C(Sc3ccccc3)[C@@H](O)[C@@H]3OC(C)(C)O[C@@H]3[C@H]1NOCc1ccccc1)OCO2. The molecule has 1 aliphatic carbocycles. The van der Waals surface area contributed by atoms with Crippen LogP contribution in [0.25, 0.3) is 5.57 Å². The molecule has 2 aliphatic heterocycles. The van der Waals surface area contributed by atoms with Crippen LogP contribution in [0.1, 0.15) is 35.3 Å². The Labute approximate surface area is 242 Å². The maximum Gasteiger partial charge on any atom is 0.338 e. The highest BCUT2D eigenvalue weighted by molar-refractivity contribution is 8.03. The second kappa shape index (κ2) is 11.5. The third kappa shape index (κ3) is 5.59. The van der Waals surface area contributed by atoms with E-state index in [4.69, 9.17) is 28.5 Å². The minimum absolute atomic E-state index is 0.0321. The molecule has 3 aromatic carbocycles. The number of aliphatic hydroxyl groups excluding tert-OH is 1. The lowest BCUT2D eigenvalue weighted by atomic mass is 9.82. The van der Waals surface area contributed by atoms with Crippen LogP contribution in [-0.4, -0.2) is 55.1 Å². The molecule has 214 valence electrons. The summed E-state index contributed by atoms with van der Waals surface area (Å²) in [6.07, 6.45) is -2.42. The van der Waals surface area contributed by atoms with Gasteiger partial charge in [-0.3, -0.25) is 4.84 Å². The van der Waals surface area contributed by atoms with Crippen molar-refractivity contribution < 1.29 is 38.4 Å². The molecule has 0 amide bonds. The van der Waals surface area contributed by atoms with Crippen molar-refractivity contribution in [1.82, 2.24) is 5.48 Å². The van der Waals surface area contributed by atoms with Gasteiger partial charge in [0.05, 0.1) is 25.3 Å². The lowest BCUT2D eigenvalue weighted by Gasteiger charge is -2.39. The summed E-state index contributed by atoms with van der Waals surface area (Å²) in [5.41, 5.74) is 5.55. The van der Waals surface area contributed by atoms with Crippen LogP contribution >= 0.6 is 11.8 Å². The van der Waals surface area contributed by atoms with E-state index in [0.717, 1.165) is 10.5 Å². The van der Waals surface area contributed by atoms with Crippen LogP contribution in [-0.2, 0) is 25.7 Å². The average molecular weight is 578 g/mol. The van der Waals surface area contributed by atoms with Crippen LogP contribution in [0.5, 0.6) is 11.5 Å². The number of hydroxylamine groups is 1. The standard InChI is InChI=1S/C31H31NO8S/c1-31(2)39-27-25(32-38-16-18-10-6-4-7-11-18)24(20-14-22-23(37-17-36-22)15-21(20)30(34)35-3)29(26(33)28(27)40-31)41-19-12-8-5-9-13-19/h4-15,25-28,32-33H,16-17H2,1-3H3/t25-,26-,27+,28-/m0/s1. The normalized spacial score (nSPS) is 24.3. The highest BCUT2D eigenvalue weighted by Gasteiger charge is 2.54. The highest BCUT2D eigenvalue weighted by atomic mass is 32.2. The van der Waals surface area contributed by atoms with Crippen molar-refractivity contribution in [2.45, 2.75) is 55.5 Å². The highest BCUT2D eigenvalue weighted by Crippen LogP contribution is 2.50. The maximum absolute atomic E-state index is 13.1. The first kappa shape index (κ1) is 27.8. The first-order valence-corrected chi connectivity index (χ1v) is 14.1. The van der Waals surface area contributed by atoms with E-state index in [9.17, 15) is 9.90 Å². The number of ether oxygens (including phenoxy) is 5. The van der Waals surface area contributed by atoms with Crippen molar-refractivity contribution in [3.63, 3.8) is 0 Å². The van der Waals surface area contributed by atoms with Gasteiger partial charge >= 0.3 is 5.97 Å². The zero-order valence-corrected chi connectivity index (χ0v) is 23.7. The van der Waals surface area contributed by atoms with Crippen LogP contribution in [0.2, 0.25) is 0 Å². The Hall–Kier alpha value is -3.38. The maximum atomic E-state index is 13.1. The number of aliphatic hydroxyl groups is 1. The monoisotopic (exact) mass is 577 g/mol. The molecule has 0 unspecified atom stereocenters. The Morgan fingerprint density at radius 3 is 2.37 bits per heavy atom. The van der Waals surface area contributed by atoms with E-state index < -0.39 is 36.1 Å². The molecular formula is C31H31NO8S. The number of methoxy groups -OCH3 is 1. The van der Waals surface area contributed by atoms with Gasteiger partial charge in [0.1, 0.15) is 18.3 Å². The largest absolute Gasteiger partial charge is 0.465 e. The van der Waals surface area contributed by atoms with Crippen LogP contribution in [0.4, 0.5) is 0 Å². The van der Waals surface area contributed by atoms with Crippen molar-refractivity contribution in [3.8, 4) is 11.5 Å². The Morgan fingerprint density at radius 2 is 1.66 bits per heavy atom. The Balaban J connectivity index is 1.51. The van der Waals surface area contributed by atoms with Crippen molar-refractivity contribution in [3.05, 3.63) is 94.4 Å². The fourth-order valence-electron chi connectivity index (χ4n) is 5.33. The second-order valence-corrected chi connectivity index (χ2v) is 11.4. The first-order chi connectivity index (χ1) is 19.8. The zero-order valence-electron chi connectivity index (χ0n) is 22.9. The second-order valence-electron chi connectivity index (χ2n) is 10.3. The van der Waals surface area contributed by atoms with Crippen LogP contribution < -0.4 is 15.0 Å². The van der Waals surface area contributed by atoms with E-state index in [1.54, 1.807) is 12.1 Å². The molecule has 3 aromatic rings. The molecule has 0 spiro atoms. The van der Waals surface area contributed by atoms with Gasteiger partial charge in [0.25, 0.3) is 0 Å². The minimum atomic E-state index is -1.06. The fourth-order valence-corrected chi connectivity index (χ4v) is 6.48. The first-order valence-electron chi connectivity index (χ1n) is 13.3. The summed E-state index contributed by atoms with van der Waals surface area (Å²) in [5.74, 6) is -0.603. The van der Waals surface area contributed by atoms with Crippen molar-refractivity contribution >= 4 is 23.3 Å². The molecule has 2 N–H and O–H groups in total. The summed E-state index contributed by atoms with van der Waals surface area (Å²) < 4.78 is 29.0. The molecule has 41 heavy (non-hydrogen) atoms. The predicted octanol–water partition coefficient (Wildman–Crippen LogP) is 4.69. The van der Waals surface area contributed by atoms with Gasteiger partial charge in [-0.05, 0) is 54.8 Å². The van der Waals surface area contributed by atoms with Gasteiger partial charge in [0.15, 0.2) is 17.3 Å². The van der Waals surface area contributed by atoms with E-state index in [-0.39, 0.29) is 19.0 Å². The number of hydrogen-bond donors (Lipinski definition) is 2. The number of fused-ring (bicyclic) bond motifs is 2. The third-order valence-electron chi connectivity index (χ3n) is 7.12. The molecule has 0 radical (unpaired) electrons. The lowest BCUT2D eigenvalue weighted by molar-refractivity contribution is -0.154. The summed E-state index contributed by atoms with van der Waals surface area (Å²) in [5, 5.41) is 11.8. The molecule has 10 heteroatoms. The number of carbonyl (C=O) groups excluding carboxylic acids is 1. The molecule has 3 aliphatic rings. The van der Waals surface area contributed by atoms with E-state index in [0.29, 0.717) is 27.5 Å². The topological polar surface area (TPSA) is 105 Å². The van der Waals surface area contributed by atoms with Crippen LogP contribution in [0.3, 0.4) is 0 Å². The predicted molar refractivity (Wildman–Crippen MR) is 151 cm³/mol. The van der Waals surface area contributed by atoms with E-state index in [2.05, 4.69) is 5.48 Å². The average Bonchev–Trinajstić information content (AvgIpc) is 3.58. The number of nitrogens with one attached hydrogen (secondary N) is 1. The van der Waals surface area contributed by atoms with Crippen LogP contribution in [0, 0.1) is 0 Å². The molecule has 4 atom stereocenters. The van der Waals surface area contributed by atoms with Gasteiger partial charge < -0.3 is 28.8 Å². The van der Waals surface area contributed by atoms with Gasteiger partial charge in [-0.1, -0.05) is 60.3 Å². The molecule has 9 nitrogen and oxygen atoms in total.